The second kappa shape index (κ2) is 3.86. The van der Waals surface area contributed by atoms with E-state index in [-0.39, 0.29) is 10.8 Å². The summed E-state index contributed by atoms with van der Waals surface area (Å²) in [7, 11) is 0. The summed E-state index contributed by atoms with van der Waals surface area (Å²) in [6.45, 7) is 6.92. The smallest absolute Gasteiger partial charge is 0.335 e. The molecule has 1 fully saturated rings. The summed E-state index contributed by atoms with van der Waals surface area (Å²) >= 11 is 0. The minimum Gasteiger partial charge on any atom is -0.478 e. The average Bonchev–Trinajstić information content (AvgIpc) is 2.55. The highest BCUT2D eigenvalue weighted by Crippen LogP contribution is 2.53. The van der Waals surface area contributed by atoms with Crippen LogP contribution in [-0.4, -0.2) is 11.1 Å². The zero-order valence-corrected chi connectivity index (χ0v) is 10.8. The normalized spacial score (nSPS) is 27.0. The number of carboxylic acid groups (broad SMARTS) is 1. The average molecular weight is 232 g/mol. The van der Waals surface area contributed by atoms with Gasteiger partial charge in [-0.1, -0.05) is 39.3 Å². The first-order chi connectivity index (χ1) is 7.87. The highest BCUT2D eigenvalue weighted by Gasteiger charge is 2.45. The van der Waals surface area contributed by atoms with E-state index in [2.05, 4.69) is 20.8 Å². The second-order valence-electron chi connectivity index (χ2n) is 5.95. The van der Waals surface area contributed by atoms with Crippen molar-refractivity contribution in [1.29, 1.82) is 0 Å². The second-order valence-corrected chi connectivity index (χ2v) is 5.95. The van der Waals surface area contributed by atoms with Gasteiger partial charge < -0.3 is 5.11 Å². The third kappa shape index (κ3) is 1.86. The topological polar surface area (TPSA) is 37.3 Å². The van der Waals surface area contributed by atoms with E-state index in [4.69, 9.17) is 5.11 Å². The summed E-state index contributed by atoms with van der Waals surface area (Å²) in [5.41, 5.74) is 2.10. The molecule has 17 heavy (non-hydrogen) atoms. The Kier molecular flexibility index (Phi) is 2.76. The summed E-state index contributed by atoms with van der Waals surface area (Å²) in [4.78, 5) is 10.8. The molecule has 0 bridgehead atoms. The molecular formula is C15H20O2. The van der Waals surface area contributed by atoms with Crippen LogP contribution in [-0.2, 0) is 5.41 Å². The molecule has 1 N–H and O–H groups in total. The lowest BCUT2D eigenvalue weighted by molar-refractivity contribution is 0.0697. The molecule has 1 unspecified atom stereocenters. The molecule has 2 rings (SSSR count). The summed E-state index contributed by atoms with van der Waals surface area (Å²) in [5, 5.41) is 8.91. The Morgan fingerprint density at radius 1 is 1.12 bits per heavy atom. The largest absolute Gasteiger partial charge is 0.478 e. The highest BCUT2D eigenvalue weighted by atomic mass is 16.4. The molecule has 0 spiro atoms. The Balaban J connectivity index is 2.37. The van der Waals surface area contributed by atoms with E-state index in [1.807, 2.05) is 12.1 Å². The van der Waals surface area contributed by atoms with E-state index in [0.29, 0.717) is 5.56 Å². The van der Waals surface area contributed by atoms with Gasteiger partial charge in [0, 0.05) is 0 Å². The first-order valence-corrected chi connectivity index (χ1v) is 6.21. The van der Waals surface area contributed by atoms with Gasteiger partial charge in [-0.3, -0.25) is 0 Å². The lowest BCUT2D eigenvalue weighted by Crippen LogP contribution is -2.33. The van der Waals surface area contributed by atoms with Crippen LogP contribution in [0, 0.1) is 5.41 Å². The number of benzene rings is 1. The number of hydrogen-bond acceptors (Lipinski definition) is 1. The van der Waals surface area contributed by atoms with Gasteiger partial charge >= 0.3 is 5.97 Å². The molecule has 1 aromatic rings. The van der Waals surface area contributed by atoms with Gasteiger partial charge in [-0.05, 0) is 41.4 Å². The molecule has 92 valence electrons. The third-order valence-corrected chi connectivity index (χ3v) is 4.74. The van der Waals surface area contributed by atoms with Crippen LogP contribution in [0.3, 0.4) is 0 Å². The number of carboxylic acids is 1. The molecule has 1 saturated carbocycles. The molecule has 0 aromatic heterocycles. The number of aromatic carboxylic acids is 1. The molecule has 0 radical (unpaired) electrons. The number of carbonyl (C=O) groups is 1. The Morgan fingerprint density at radius 2 is 1.71 bits per heavy atom. The van der Waals surface area contributed by atoms with Crippen molar-refractivity contribution in [3.05, 3.63) is 35.4 Å². The van der Waals surface area contributed by atoms with E-state index >= 15 is 0 Å². The van der Waals surface area contributed by atoms with Gasteiger partial charge in [0.2, 0.25) is 0 Å². The predicted molar refractivity (Wildman–Crippen MR) is 68.4 cm³/mol. The van der Waals surface area contributed by atoms with Crippen molar-refractivity contribution in [1.82, 2.24) is 0 Å². The van der Waals surface area contributed by atoms with Crippen LogP contribution in [0.1, 0.15) is 56.0 Å². The van der Waals surface area contributed by atoms with Crippen molar-refractivity contribution in [3.63, 3.8) is 0 Å². The molecule has 0 amide bonds. The summed E-state index contributed by atoms with van der Waals surface area (Å²) in [6.07, 6.45) is 3.68. The van der Waals surface area contributed by atoms with Gasteiger partial charge in [0.1, 0.15) is 0 Å². The molecule has 2 heteroatoms. The van der Waals surface area contributed by atoms with Crippen molar-refractivity contribution < 1.29 is 9.90 Å². The van der Waals surface area contributed by atoms with Crippen molar-refractivity contribution in [3.8, 4) is 0 Å². The van der Waals surface area contributed by atoms with Crippen LogP contribution in [0.15, 0.2) is 24.3 Å². The van der Waals surface area contributed by atoms with Gasteiger partial charge in [-0.2, -0.15) is 0 Å². The monoisotopic (exact) mass is 232 g/mol. The molecule has 1 aliphatic rings. The van der Waals surface area contributed by atoms with Crippen LogP contribution in [0.5, 0.6) is 0 Å². The zero-order chi connectivity index (χ0) is 12.7. The van der Waals surface area contributed by atoms with Gasteiger partial charge in [-0.25, -0.2) is 4.79 Å². The van der Waals surface area contributed by atoms with Gasteiger partial charge in [0.15, 0.2) is 0 Å². The van der Waals surface area contributed by atoms with Crippen molar-refractivity contribution in [2.24, 2.45) is 5.41 Å². The predicted octanol–water partition coefficient (Wildman–Crippen LogP) is 3.85. The van der Waals surface area contributed by atoms with Crippen LogP contribution < -0.4 is 0 Å². The maximum absolute atomic E-state index is 10.8. The van der Waals surface area contributed by atoms with Crippen LogP contribution >= 0.6 is 0 Å². The highest BCUT2D eigenvalue weighted by molar-refractivity contribution is 5.87. The lowest BCUT2D eigenvalue weighted by Gasteiger charge is -2.39. The molecule has 2 nitrogen and oxygen atoms in total. The van der Waals surface area contributed by atoms with Gasteiger partial charge in [0.25, 0.3) is 0 Å². The number of rotatable bonds is 2. The molecule has 1 aliphatic carbocycles. The first-order valence-electron chi connectivity index (χ1n) is 6.21. The summed E-state index contributed by atoms with van der Waals surface area (Å²) < 4.78 is 0. The molecule has 1 atom stereocenters. The SMILES string of the molecule is CC1(C)CCCC1(C)c1ccc(C(=O)O)cc1. The van der Waals surface area contributed by atoms with Crippen molar-refractivity contribution in [2.45, 2.75) is 45.4 Å². The fraction of sp³-hybridized carbons (Fsp3) is 0.533. The quantitative estimate of drug-likeness (QED) is 0.840. The van der Waals surface area contributed by atoms with E-state index in [9.17, 15) is 4.79 Å². The minimum atomic E-state index is -0.854. The number of hydrogen-bond donors (Lipinski definition) is 1. The Morgan fingerprint density at radius 3 is 2.12 bits per heavy atom. The summed E-state index contributed by atoms with van der Waals surface area (Å²) in [6, 6.07) is 7.40. The van der Waals surface area contributed by atoms with Gasteiger partial charge in [-0.15, -0.1) is 0 Å². The van der Waals surface area contributed by atoms with Crippen molar-refractivity contribution >= 4 is 5.97 Å². The maximum Gasteiger partial charge on any atom is 0.335 e. The Labute approximate surface area is 103 Å². The van der Waals surface area contributed by atoms with E-state index in [1.165, 1.54) is 24.8 Å². The summed E-state index contributed by atoms with van der Waals surface area (Å²) in [5.74, 6) is -0.854. The van der Waals surface area contributed by atoms with Crippen LogP contribution in [0.2, 0.25) is 0 Å². The molecule has 1 aromatic carbocycles. The van der Waals surface area contributed by atoms with E-state index in [1.54, 1.807) is 12.1 Å². The Hall–Kier alpha value is -1.31. The fourth-order valence-corrected chi connectivity index (χ4v) is 3.01. The molecule has 0 aliphatic heterocycles. The minimum absolute atomic E-state index is 0.171. The molecule has 0 heterocycles. The standard InChI is InChI=1S/C15H20O2/c1-14(2)9-4-10-15(14,3)12-7-5-11(6-8-12)13(16)17/h5-8H,4,9-10H2,1-3H3,(H,16,17). The van der Waals surface area contributed by atoms with E-state index < -0.39 is 5.97 Å². The lowest BCUT2D eigenvalue weighted by atomic mass is 9.65. The molecular weight excluding hydrogens is 212 g/mol. The van der Waals surface area contributed by atoms with Crippen molar-refractivity contribution in [2.75, 3.05) is 0 Å². The van der Waals surface area contributed by atoms with E-state index in [0.717, 1.165) is 0 Å². The van der Waals surface area contributed by atoms with Crippen LogP contribution in [0.4, 0.5) is 0 Å². The maximum atomic E-state index is 10.8. The fourth-order valence-electron chi connectivity index (χ4n) is 3.01. The van der Waals surface area contributed by atoms with Gasteiger partial charge in [0.05, 0.1) is 5.56 Å². The Bertz CT molecular complexity index is 431. The van der Waals surface area contributed by atoms with Crippen LogP contribution in [0.25, 0.3) is 0 Å². The zero-order valence-electron chi connectivity index (χ0n) is 10.8. The third-order valence-electron chi connectivity index (χ3n) is 4.74. The molecule has 0 saturated heterocycles. The first kappa shape index (κ1) is 12.2.